The van der Waals surface area contributed by atoms with Gasteiger partial charge in [-0.1, -0.05) is 15.9 Å². The molecule has 0 fully saturated rings. The van der Waals surface area contributed by atoms with E-state index < -0.39 is 5.97 Å². The molecule has 0 aliphatic rings. The molecule has 0 unspecified atom stereocenters. The fourth-order valence-electron chi connectivity index (χ4n) is 1.85. The van der Waals surface area contributed by atoms with Crippen molar-refractivity contribution >= 4 is 33.5 Å². The Labute approximate surface area is 136 Å². The third kappa shape index (κ3) is 5.04. The van der Waals surface area contributed by atoms with Gasteiger partial charge in [-0.2, -0.15) is 0 Å². The number of halogens is 1. The van der Waals surface area contributed by atoms with E-state index in [1.807, 2.05) is 19.1 Å². The second-order valence-corrected chi connectivity index (χ2v) is 5.66. The van der Waals surface area contributed by atoms with E-state index in [0.717, 1.165) is 10.0 Å². The molecule has 6 heteroatoms. The van der Waals surface area contributed by atoms with E-state index in [9.17, 15) is 9.59 Å². The minimum atomic E-state index is -0.431. The fourth-order valence-corrected chi connectivity index (χ4v) is 2.33. The summed E-state index contributed by atoms with van der Waals surface area (Å²) < 4.78 is 11.0. The third-order valence-corrected chi connectivity index (χ3v) is 3.48. The normalized spacial score (nSPS) is 10.3. The summed E-state index contributed by atoms with van der Waals surface area (Å²) in [6.45, 7) is 1.59. The average molecular weight is 366 g/mol. The van der Waals surface area contributed by atoms with Gasteiger partial charge in [0.05, 0.1) is 12.7 Å². The van der Waals surface area contributed by atoms with E-state index in [1.54, 1.807) is 24.5 Å². The van der Waals surface area contributed by atoms with Crippen LogP contribution in [0.1, 0.15) is 17.7 Å². The molecule has 2 rings (SSSR count). The van der Waals surface area contributed by atoms with Gasteiger partial charge in [0, 0.05) is 16.6 Å². The number of hydrogen-bond acceptors (Lipinski definition) is 4. The first kappa shape index (κ1) is 16.3. The lowest BCUT2D eigenvalue weighted by Crippen LogP contribution is -2.21. The van der Waals surface area contributed by atoms with Crippen LogP contribution in [0.2, 0.25) is 0 Å². The summed E-state index contributed by atoms with van der Waals surface area (Å²) in [5.41, 5.74) is 1.62. The van der Waals surface area contributed by atoms with Crippen LogP contribution in [0.15, 0.2) is 45.5 Å². The third-order valence-electron chi connectivity index (χ3n) is 2.98. The second-order valence-electron chi connectivity index (χ2n) is 4.75. The summed E-state index contributed by atoms with van der Waals surface area (Å²) in [6.07, 6.45) is 2.19. The molecule has 2 aromatic rings. The van der Waals surface area contributed by atoms with Crippen LogP contribution >= 0.6 is 15.9 Å². The summed E-state index contributed by atoms with van der Waals surface area (Å²) in [7, 11) is 0. The Kier molecular flexibility index (Phi) is 5.77. The van der Waals surface area contributed by atoms with Crippen molar-refractivity contribution in [2.24, 2.45) is 0 Å². The number of carbonyl (C=O) groups is 2. The van der Waals surface area contributed by atoms with Crippen LogP contribution in [0.4, 0.5) is 5.69 Å². The number of hydrogen-bond donors (Lipinski definition) is 1. The van der Waals surface area contributed by atoms with Gasteiger partial charge < -0.3 is 14.5 Å². The van der Waals surface area contributed by atoms with E-state index >= 15 is 0 Å². The maximum atomic E-state index is 11.8. The van der Waals surface area contributed by atoms with Gasteiger partial charge in [-0.25, -0.2) is 0 Å². The molecule has 0 saturated heterocycles. The van der Waals surface area contributed by atoms with E-state index in [0.29, 0.717) is 17.9 Å². The first-order chi connectivity index (χ1) is 10.5. The number of benzene rings is 1. The molecule has 1 heterocycles. The van der Waals surface area contributed by atoms with E-state index in [4.69, 9.17) is 9.15 Å². The van der Waals surface area contributed by atoms with Crippen molar-refractivity contribution in [1.29, 1.82) is 0 Å². The van der Waals surface area contributed by atoms with Crippen LogP contribution in [0.5, 0.6) is 0 Å². The maximum Gasteiger partial charge on any atom is 0.306 e. The van der Waals surface area contributed by atoms with Crippen LogP contribution < -0.4 is 5.32 Å². The lowest BCUT2D eigenvalue weighted by atomic mass is 10.2. The number of carbonyl (C=O) groups excluding carboxylic acids is 2. The van der Waals surface area contributed by atoms with E-state index in [2.05, 4.69) is 21.2 Å². The van der Waals surface area contributed by atoms with Crippen LogP contribution in [0, 0.1) is 6.92 Å². The van der Waals surface area contributed by atoms with Crippen molar-refractivity contribution in [2.75, 3.05) is 11.9 Å². The molecule has 0 atom stereocenters. The highest BCUT2D eigenvalue weighted by Crippen LogP contribution is 2.19. The average Bonchev–Trinajstić information content (AvgIpc) is 2.99. The van der Waals surface area contributed by atoms with Gasteiger partial charge in [0.25, 0.3) is 5.91 Å². The molecule has 0 aliphatic carbocycles. The summed E-state index contributed by atoms with van der Waals surface area (Å²) in [5, 5.41) is 2.71. The predicted molar refractivity (Wildman–Crippen MR) is 85.5 cm³/mol. The Morgan fingerprint density at radius 3 is 2.82 bits per heavy atom. The molecule has 0 aliphatic heterocycles. The molecule has 1 aromatic carbocycles. The Hall–Kier alpha value is -2.08. The Morgan fingerprint density at radius 1 is 1.32 bits per heavy atom. The monoisotopic (exact) mass is 365 g/mol. The van der Waals surface area contributed by atoms with Gasteiger partial charge in [-0.3, -0.25) is 9.59 Å². The summed E-state index contributed by atoms with van der Waals surface area (Å²) >= 11 is 3.36. The standard InChI is InChI=1S/C16H16BrNO4/c1-11-9-12(17)4-6-14(11)18-15(19)10-22-16(20)7-5-13-3-2-8-21-13/h2-4,6,8-9H,5,7,10H2,1H3,(H,18,19). The van der Waals surface area contributed by atoms with Gasteiger partial charge in [0.2, 0.25) is 0 Å². The first-order valence-electron chi connectivity index (χ1n) is 6.78. The molecule has 0 radical (unpaired) electrons. The quantitative estimate of drug-likeness (QED) is 0.795. The highest BCUT2D eigenvalue weighted by Gasteiger charge is 2.10. The number of aryl methyl sites for hydroxylation is 2. The van der Waals surface area contributed by atoms with Crippen molar-refractivity contribution in [1.82, 2.24) is 0 Å². The Bertz CT molecular complexity index is 652. The first-order valence-corrected chi connectivity index (χ1v) is 7.58. The van der Waals surface area contributed by atoms with Crippen molar-refractivity contribution in [3.05, 3.63) is 52.4 Å². The number of ether oxygens (including phenoxy) is 1. The number of amides is 1. The minimum Gasteiger partial charge on any atom is -0.469 e. The van der Waals surface area contributed by atoms with E-state index in [-0.39, 0.29) is 18.9 Å². The number of nitrogens with one attached hydrogen (secondary N) is 1. The lowest BCUT2D eigenvalue weighted by Gasteiger charge is -2.09. The summed E-state index contributed by atoms with van der Waals surface area (Å²) in [6, 6.07) is 9.06. The molecule has 0 saturated carbocycles. The van der Waals surface area contributed by atoms with Gasteiger partial charge >= 0.3 is 5.97 Å². The number of anilines is 1. The van der Waals surface area contributed by atoms with Crippen LogP contribution in [0.3, 0.4) is 0 Å². The molecular formula is C16H16BrNO4. The molecule has 1 N–H and O–H groups in total. The molecular weight excluding hydrogens is 350 g/mol. The largest absolute Gasteiger partial charge is 0.469 e. The maximum absolute atomic E-state index is 11.8. The molecule has 0 spiro atoms. The van der Waals surface area contributed by atoms with Gasteiger partial charge in [0.15, 0.2) is 6.61 Å². The topological polar surface area (TPSA) is 68.5 Å². The number of rotatable bonds is 6. The molecule has 1 aromatic heterocycles. The Balaban J connectivity index is 1.74. The Morgan fingerprint density at radius 2 is 2.14 bits per heavy atom. The zero-order valence-electron chi connectivity index (χ0n) is 12.1. The van der Waals surface area contributed by atoms with Gasteiger partial charge in [-0.05, 0) is 42.8 Å². The second kappa shape index (κ2) is 7.79. The van der Waals surface area contributed by atoms with Crippen molar-refractivity contribution in [3.63, 3.8) is 0 Å². The summed E-state index contributed by atoms with van der Waals surface area (Å²) in [4.78, 5) is 23.3. The van der Waals surface area contributed by atoms with Crippen molar-refractivity contribution in [3.8, 4) is 0 Å². The van der Waals surface area contributed by atoms with Crippen molar-refractivity contribution < 1.29 is 18.7 Å². The van der Waals surface area contributed by atoms with Gasteiger partial charge in [0.1, 0.15) is 5.76 Å². The molecule has 22 heavy (non-hydrogen) atoms. The molecule has 0 bridgehead atoms. The molecule has 1 amide bonds. The zero-order chi connectivity index (χ0) is 15.9. The summed E-state index contributed by atoms with van der Waals surface area (Å²) in [5.74, 6) is -0.0808. The predicted octanol–water partition coefficient (Wildman–Crippen LogP) is 3.47. The fraction of sp³-hybridized carbons (Fsp3) is 0.250. The lowest BCUT2D eigenvalue weighted by molar-refractivity contribution is -0.147. The van der Waals surface area contributed by atoms with Crippen LogP contribution in [-0.2, 0) is 20.7 Å². The zero-order valence-corrected chi connectivity index (χ0v) is 13.7. The van der Waals surface area contributed by atoms with Crippen LogP contribution in [0.25, 0.3) is 0 Å². The molecule has 5 nitrogen and oxygen atoms in total. The number of esters is 1. The SMILES string of the molecule is Cc1cc(Br)ccc1NC(=O)COC(=O)CCc1ccco1. The molecule has 116 valence electrons. The highest BCUT2D eigenvalue weighted by atomic mass is 79.9. The smallest absolute Gasteiger partial charge is 0.306 e. The highest BCUT2D eigenvalue weighted by molar-refractivity contribution is 9.10. The van der Waals surface area contributed by atoms with E-state index in [1.165, 1.54) is 0 Å². The van der Waals surface area contributed by atoms with Crippen LogP contribution in [-0.4, -0.2) is 18.5 Å². The number of furan rings is 1. The van der Waals surface area contributed by atoms with Crippen molar-refractivity contribution in [2.45, 2.75) is 19.8 Å². The minimum absolute atomic E-state index is 0.179. The van der Waals surface area contributed by atoms with Gasteiger partial charge in [-0.15, -0.1) is 0 Å².